The molecule has 0 radical (unpaired) electrons. The molecule has 180 valence electrons. The number of nitrogen functional groups attached to an aromatic ring is 1. The molecule has 4 aromatic rings. The quantitative estimate of drug-likeness (QED) is 0.468. The Bertz CT molecular complexity index is 1330. The smallest absolute Gasteiger partial charge is 0.219 e. The maximum absolute atomic E-state index is 5.72. The molecule has 1 aromatic carbocycles. The number of nitrogens with two attached hydrogens (primary N) is 1. The molecule has 35 heavy (non-hydrogen) atoms. The number of anilines is 2. The van der Waals surface area contributed by atoms with Crippen molar-refractivity contribution in [3.8, 4) is 17.0 Å². The van der Waals surface area contributed by atoms with Crippen molar-refractivity contribution in [3.05, 3.63) is 59.8 Å². The molecule has 0 amide bonds. The lowest BCUT2D eigenvalue weighted by Gasteiger charge is -2.28. The van der Waals surface area contributed by atoms with Crippen LogP contribution < -0.4 is 15.4 Å². The molecular formula is C25H28N8O2. The van der Waals surface area contributed by atoms with Gasteiger partial charge in [0.2, 0.25) is 5.95 Å². The number of nitrogens with zero attached hydrogens (tertiary/aromatic N) is 7. The molecule has 0 saturated carbocycles. The molecule has 10 nitrogen and oxygen atoms in total. The van der Waals surface area contributed by atoms with Gasteiger partial charge in [-0.3, -0.25) is 9.30 Å². The number of hydrogen-bond acceptors (Lipinski definition) is 9. The largest absolute Gasteiger partial charge is 0.497 e. The van der Waals surface area contributed by atoms with Crippen LogP contribution in [0.4, 0.5) is 11.8 Å². The minimum Gasteiger partial charge on any atom is -0.497 e. The van der Waals surface area contributed by atoms with Crippen LogP contribution in [-0.4, -0.2) is 69.2 Å². The summed E-state index contributed by atoms with van der Waals surface area (Å²) in [6, 6.07) is 8.28. The summed E-state index contributed by atoms with van der Waals surface area (Å²) in [5.41, 5.74) is 11.8. The number of aromatic nitrogens is 5. The van der Waals surface area contributed by atoms with Crippen LogP contribution >= 0.6 is 0 Å². The molecule has 0 unspecified atom stereocenters. The second-order valence-electron chi connectivity index (χ2n) is 8.89. The van der Waals surface area contributed by atoms with E-state index in [1.54, 1.807) is 19.5 Å². The van der Waals surface area contributed by atoms with Gasteiger partial charge in [-0.2, -0.15) is 0 Å². The summed E-state index contributed by atoms with van der Waals surface area (Å²) in [6.07, 6.45) is 6.39. The zero-order chi connectivity index (χ0) is 23.8. The predicted molar refractivity (Wildman–Crippen MR) is 132 cm³/mol. The zero-order valence-corrected chi connectivity index (χ0v) is 19.7. The molecule has 0 spiro atoms. The molecule has 0 atom stereocenters. The van der Waals surface area contributed by atoms with Gasteiger partial charge in [0.1, 0.15) is 5.75 Å². The Labute approximate surface area is 203 Å². The van der Waals surface area contributed by atoms with E-state index in [2.05, 4.69) is 42.5 Å². The van der Waals surface area contributed by atoms with E-state index in [9.17, 15) is 0 Å². The Morgan fingerprint density at radius 2 is 1.80 bits per heavy atom. The summed E-state index contributed by atoms with van der Waals surface area (Å²) in [7, 11) is 1.69. The van der Waals surface area contributed by atoms with Gasteiger partial charge in [0, 0.05) is 63.3 Å². The molecular weight excluding hydrogens is 444 g/mol. The number of benzene rings is 1. The van der Waals surface area contributed by atoms with Gasteiger partial charge < -0.3 is 20.1 Å². The molecule has 2 aliphatic rings. The molecule has 3 aromatic heterocycles. The van der Waals surface area contributed by atoms with Gasteiger partial charge in [0.25, 0.3) is 0 Å². The standard InChI is InChI=1S/C25H28N8O2/c1-34-19-4-2-17(3-5-19)14-31-7-6-20-22(16-31)33-15-21(18-12-27-25(26)28-13-18)30-23(24(33)29-20)32-8-10-35-11-9-32/h2-5,12-13,15H,6-11,14,16H2,1H3,(H2,26,27,28). The van der Waals surface area contributed by atoms with Gasteiger partial charge in [-0.1, -0.05) is 12.1 Å². The van der Waals surface area contributed by atoms with Gasteiger partial charge in [-0.15, -0.1) is 0 Å². The Balaban J connectivity index is 1.38. The van der Waals surface area contributed by atoms with E-state index in [0.717, 1.165) is 73.3 Å². The molecule has 2 aliphatic heterocycles. The van der Waals surface area contributed by atoms with Crippen molar-refractivity contribution in [2.75, 3.05) is 50.6 Å². The third-order valence-electron chi connectivity index (χ3n) is 6.65. The monoisotopic (exact) mass is 472 g/mol. The van der Waals surface area contributed by atoms with Crippen LogP contribution in [0.2, 0.25) is 0 Å². The lowest BCUT2D eigenvalue weighted by Crippen LogP contribution is -2.37. The Kier molecular flexibility index (Phi) is 5.67. The van der Waals surface area contributed by atoms with Crippen LogP contribution in [0.3, 0.4) is 0 Å². The van der Waals surface area contributed by atoms with Crippen LogP contribution in [0, 0.1) is 0 Å². The van der Waals surface area contributed by atoms with Crippen LogP contribution in [0.15, 0.2) is 42.9 Å². The Morgan fingerprint density at radius 1 is 1.03 bits per heavy atom. The summed E-state index contributed by atoms with van der Waals surface area (Å²) < 4.78 is 13.1. The van der Waals surface area contributed by atoms with Gasteiger partial charge in [-0.25, -0.2) is 19.9 Å². The summed E-state index contributed by atoms with van der Waals surface area (Å²) >= 11 is 0. The van der Waals surface area contributed by atoms with Crippen LogP contribution in [0.5, 0.6) is 5.75 Å². The second kappa shape index (κ2) is 9.12. The number of ether oxygens (including phenoxy) is 2. The van der Waals surface area contributed by atoms with E-state index in [4.69, 9.17) is 25.2 Å². The van der Waals surface area contributed by atoms with Crippen LogP contribution in [-0.2, 0) is 24.2 Å². The average molecular weight is 473 g/mol. The van der Waals surface area contributed by atoms with Gasteiger partial charge in [0.05, 0.1) is 37.4 Å². The molecule has 5 heterocycles. The number of morpholine rings is 1. The van der Waals surface area contributed by atoms with Gasteiger partial charge in [-0.05, 0) is 17.7 Å². The molecule has 0 bridgehead atoms. The van der Waals surface area contributed by atoms with Gasteiger partial charge in [0.15, 0.2) is 11.5 Å². The minimum absolute atomic E-state index is 0.248. The normalized spacial score (nSPS) is 16.4. The van der Waals surface area contributed by atoms with Crippen molar-refractivity contribution < 1.29 is 9.47 Å². The van der Waals surface area contributed by atoms with E-state index in [1.165, 1.54) is 11.3 Å². The van der Waals surface area contributed by atoms with E-state index in [0.29, 0.717) is 13.2 Å². The second-order valence-corrected chi connectivity index (χ2v) is 8.89. The number of rotatable bonds is 5. The lowest BCUT2D eigenvalue weighted by atomic mass is 10.1. The first kappa shape index (κ1) is 21.8. The summed E-state index contributed by atoms with van der Waals surface area (Å²) in [4.78, 5) is 23.1. The van der Waals surface area contributed by atoms with Crippen molar-refractivity contribution in [3.63, 3.8) is 0 Å². The number of methoxy groups -OCH3 is 1. The third-order valence-corrected chi connectivity index (χ3v) is 6.65. The van der Waals surface area contributed by atoms with Gasteiger partial charge >= 0.3 is 0 Å². The molecule has 2 N–H and O–H groups in total. The highest BCUT2D eigenvalue weighted by Gasteiger charge is 2.26. The zero-order valence-electron chi connectivity index (χ0n) is 19.7. The van der Waals surface area contributed by atoms with Crippen LogP contribution in [0.25, 0.3) is 16.9 Å². The highest BCUT2D eigenvalue weighted by Crippen LogP contribution is 2.30. The molecule has 0 aliphatic carbocycles. The molecule has 10 heteroatoms. The van der Waals surface area contributed by atoms with Crippen molar-refractivity contribution >= 4 is 17.4 Å². The topological polar surface area (TPSA) is 107 Å². The van der Waals surface area contributed by atoms with E-state index in [1.807, 2.05) is 12.1 Å². The number of hydrogen-bond donors (Lipinski definition) is 1. The fourth-order valence-electron chi connectivity index (χ4n) is 4.77. The highest BCUT2D eigenvalue weighted by atomic mass is 16.5. The first-order valence-corrected chi connectivity index (χ1v) is 11.8. The van der Waals surface area contributed by atoms with Crippen molar-refractivity contribution in [1.29, 1.82) is 0 Å². The summed E-state index contributed by atoms with van der Waals surface area (Å²) in [6.45, 7) is 5.57. The maximum Gasteiger partial charge on any atom is 0.219 e. The lowest BCUT2D eigenvalue weighted by molar-refractivity contribution is 0.122. The minimum atomic E-state index is 0.248. The molecule has 1 saturated heterocycles. The Hall–Kier alpha value is -3.76. The van der Waals surface area contributed by atoms with E-state index < -0.39 is 0 Å². The van der Waals surface area contributed by atoms with Crippen LogP contribution in [0.1, 0.15) is 17.0 Å². The molecule has 6 rings (SSSR count). The fraction of sp³-hybridized carbons (Fsp3) is 0.360. The summed E-state index contributed by atoms with van der Waals surface area (Å²) in [5, 5.41) is 0. The van der Waals surface area contributed by atoms with E-state index in [-0.39, 0.29) is 5.95 Å². The third kappa shape index (κ3) is 4.26. The highest BCUT2D eigenvalue weighted by molar-refractivity contribution is 5.71. The first-order chi connectivity index (χ1) is 17.2. The van der Waals surface area contributed by atoms with Crippen molar-refractivity contribution in [2.45, 2.75) is 19.5 Å². The number of imidazole rings is 1. The maximum atomic E-state index is 5.72. The average Bonchev–Trinajstić information content (AvgIpc) is 3.27. The fourth-order valence-corrected chi connectivity index (χ4v) is 4.77. The predicted octanol–water partition coefficient (Wildman–Crippen LogP) is 2.17. The van der Waals surface area contributed by atoms with E-state index >= 15 is 0 Å². The van der Waals surface area contributed by atoms with Crippen molar-refractivity contribution in [1.82, 2.24) is 29.2 Å². The number of fused-ring (bicyclic) bond motifs is 3. The summed E-state index contributed by atoms with van der Waals surface area (Å²) in [5.74, 6) is 2.00. The SMILES string of the molecule is COc1ccc(CN2CCc3nc4c(N5CCOCC5)nc(-c5cnc(N)nc5)cn4c3C2)cc1. The van der Waals surface area contributed by atoms with Crippen molar-refractivity contribution in [2.24, 2.45) is 0 Å². The first-order valence-electron chi connectivity index (χ1n) is 11.8. The Morgan fingerprint density at radius 3 is 2.54 bits per heavy atom. The molecule has 1 fully saturated rings.